The van der Waals surface area contributed by atoms with Crippen LogP contribution in [0, 0.1) is 5.82 Å². The van der Waals surface area contributed by atoms with Crippen LogP contribution in [0.3, 0.4) is 0 Å². The van der Waals surface area contributed by atoms with Crippen molar-refractivity contribution in [3.05, 3.63) is 95.9 Å². The molecule has 31 heavy (non-hydrogen) atoms. The second-order valence-corrected chi connectivity index (χ2v) is 7.19. The zero-order chi connectivity index (χ0) is 21.8. The van der Waals surface area contributed by atoms with Crippen LogP contribution >= 0.6 is 0 Å². The highest BCUT2D eigenvalue weighted by Crippen LogP contribution is 2.34. The summed E-state index contributed by atoms with van der Waals surface area (Å²) in [4.78, 5) is 26.6. The Kier molecular flexibility index (Phi) is 5.80. The van der Waals surface area contributed by atoms with Crippen molar-refractivity contribution in [2.24, 2.45) is 0 Å². The third-order valence-electron chi connectivity index (χ3n) is 5.03. The van der Waals surface area contributed by atoms with E-state index in [0.717, 1.165) is 11.1 Å². The van der Waals surface area contributed by atoms with Gasteiger partial charge >= 0.3 is 0 Å². The quantitative estimate of drug-likeness (QED) is 0.596. The Bertz CT molecular complexity index is 1160. The van der Waals surface area contributed by atoms with Crippen LogP contribution in [0.2, 0.25) is 0 Å². The molecule has 1 atom stereocenters. The van der Waals surface area contributed by atoms with Gasteiger partial charge in [0.25, 0.3) is 0 Å². The van der Waals surface area contributed by atoms with Gasteiger partial charge in [-0.05, 0) is 41.5 Å². The molecule has 1 unspecified atom stereocenters. The van der Waals surface area contributed by atoms with Crippen LogP contribution in [0.5, 0.6) is 11.5 Å². The Morgan fingerprint density at radius 3 is 2.61 bits per heavy atom. The number of benzene rings is 3. The lowest BCUT2D eigenvalue weighted by Gasteiger charge is -2.32. The number of para-hydroxylation sites is 2. The molecule has 0 aromatic heterocycles. The van der Waals surface area contributed by atoms with Crippen molar-refractivity contribution in [2.75, 3.05) is 5.32 Å². The van der Waals surface area contributed by atoms with E-state index in [1.54, 1.807) is 47.5 Å². The molecule has 6 heteroatoms. The number of rotatable bonds is 5. The predicted octanol–water partition coefficient (Wildman–Crippen LogP) is 5.52. The number of amides is 2. The number of anilines is 1. The third kappa shape index (κ3) is 4.64. The molecule has 156 valence electrons. The largest absolute Gasteiger partial charge is 0.455 e. The lowest BCUT2D eigenvalue weighted by molar-refractivity contribution is -0.129. The van der Waals surface area contributed by atoms with Gasteiger partial charge in [0.15, 0.2) is 5.75 Å². The fourth-order valence-corrected chi connectivity index (χ4v) is 3.61. The second kappa shape index (κ2) is 8.83. The highest BCUT2D eigenvalue weighted by molar-refractivity contribution is 5.93. The van der Waals surface area contributed by atoms with Crippen molar-refractivity contribution in [1.29, 1.82) is 0 Å². The van der Waals surface area contributed by atoms with Crippen LogP contribution in [0.15, 0.2) is 79.0 Å². The monoisotopic (exact) mass is 416 g/mol. The van der Waals surface area contributed by atoms with Crippen LogP contribution in [0.4, 0.5) is 10.1 Å². The molecule has 0 aliphatic carbocycles. The van der Waals surface area contributed by atoms with E-state index in [1.165, 1.54) is 19.1 Å². The molecule has 0 radical (unpaired) electrons. The summed E-state index contributed by atoms with van der Waals surface area (Å²) in [6, 6.07) is 20.0. The molecular formula is C25H21FN2O3. The molecule has 3 aromatic rings. The zero-order valence-corrected chi connectivity index (χ0v) is 16.9. The van der Waals surface area contributed by atoms with Gasteiger partial charge in [-0.3, -0.25) is 9.59 Å². The van der Waals surface area contributed by atoms with Gasteiger partial charge in [0.1, 0.15) is 11.6 Å². The van der Waals surface area contributed by atoms with Crippen LogP contribution in [0.1, 0.15) is 30.5 Å². The summed E-state index contributed by atoms with van der Waals surface area (Å²) < 4.78 is 19.2. The van der Waals surface area contributed by atoms with Gasteiger partial charge in [0.05, 0.1) is 18.2 Å². The molecule has 1 heterocycles. The van der Waals surface area contributed by atoms with E-state index in [2.05, 4.69) is 5.32 Å². The second-order valence-electron chi connectivity index (χ2n) is 7.19. The first-order valence-corrected chi connectivity index (χ1v) is 9.89. The first-order valence-electron chi connectivity index (χ1n) is 9.89. The van der Waals surface area contributed by atoms with E-state index in [9.17, 15) is 14.0 Å². The van der Waals surface area contributed by atoms with Crippen molar-refractivity contribution in [3.8, 4) is 11.5 Å². The molecule has 0 bridgehead atoms. The minimum atomic E-state index is -0.410. The topological polar surface area (TPSA) is 58.6 Å². The summed E-state index contributed by atoms with van der Waals surface area (Å²) in [5.74, 6) is -0.0907. The number of hydrogen-bond acceptors (Lipinski definition) is 3. The van der Waals surface area contributed by atoms with Crippen molar-refractivity contribution in [2.45, 2.75) is 19.4 Å². The molecule has 1 N–H and O–H groups in total. The molecule has 1 aliphatic heterocycles. The van der Waals surface area contributed by atoms with Gasteiger partial charge in [-0.15, -0.1) is 0 Å². The number of carbonyl (C=O) groups is 2. The number of nitrogens with zero attached hydrogens (tertiary/aromatic N) is 1. The summed E-state index contributed by atoms with van der Waals surface area (Å²) in [5.41, 5.74) is 2.36. The maximum Gasteiger partial charge on any atom is 0.226 e. The smallest absolute Gasteiger partial charge is 0.226 e. The lowest BCUT2D eigenvalue weighted by Crippen LogP contribution is -2.33. The maximum absolute atomic E-state index is 13.5. The van der Waals surface area contributed by atoms with Crippen LogP contribution in [0.25, 0.3) is 6.08 Å². The fraction of sp³-hybridized carbons (Fsp3) is 0.120. The average Bonchev–Trinajstić information content (AvgIpc) is 2.75. The Morgan fingerprint density at radius 2 is 1.81 bits per heavy atom. The molecule has 0 spiro atoms. The first kappa shape index (κ1) is 20.3. The lowest BCUT2D eigenvalue weighted by atomic mass is 9.93. The minimum absolute atomic E-state index is 0.0786. The Hall–Kier alpha value is -3.93. The zero-order valence-electron chi connectivity index (χ0n) is 16.9. The van der Waals surface area contributed by atoms with Crippen molar-refractivity contribution in [1.82, 2.24) is 4.90 Å². The van der Waals surface area contributed by atoms with Gasteiger partial charge < -0.3 is 15.0 Å². The molecule has 0 saturated carbocycles. The van der Waals surface area contributed by atoms with Crippen molar-refractivity contribution in [3.63, 3.8) is 0 Å². The molecule has 2 amide bonds. The van der Waals surface area contributed by atoms with E-state index in [4.69, 9.17) is 4.74 Å². The molecule has 0 saturated heterocycles. The van der Waals surface area contributed by atoms with E-state index in [-0.39, 0.29) is 18.2 Å². The average molecular weight is 416 g/mol. The molecule has 3 aromatic carbocycles. The summed E-state index contributed by atoms with van der Waals surface area (Å²) in [7, 11) is 0. The Labute approximate surface area is 179 Å². The Balaban J connectivity index is 1.54. The fourth-order valence-electron chi connectivity index (χ4n) is 3.61. The molecule has 1 aliphatic rings. The summed E-state index contributed by atoms with van der Waals surface area (Å²) >= 11 is 0. The number of ether oxygens (including phenoxy) is 1. The highest BCUT2D eigenvalue weighted by atomic mass is 19.1. The number of fused-ring (bicyclic) bond motifs is 1. The first-order chi connectivity index (χ1) is 15.0. The maximum atomic E-state index is 13.5. The van der Waals surface area contributed by atoms with Crippen LogP contribution < -0.4 is 10.1 Å². The van der Waals surface area contributed by atoms with E-state index in [0.29, 0.717) is 17.2 Å². The van der Waals surface area contributed by atoms with Gasteiger partial charge in [0, 0.05) is 19.2 Å². The summed E-state index contributed by atoms with van der Waals surface area (Å²) in [5, 5.41) is 2.86. The van der Waals surface area contributed by atoms with Crippen LogP contribution in [-0.2, 0) is 9.59 Å². The summed E-state index contributed by atoms with van der Waals surface area (Å²) in [6.07, 6.45) is 3.66. The van der Waals surface area contributed by atoms with Gasteiger partial charge in [-0.2, -0.15) is 0 Å². The highest BCUT2D eigenvalue weighted by Gasteiger charge is 2.28. The van der Waals surface area contributed by atoms with Crippen molar-refractivity contribution >= 4 is 23.6 Å². The predicted molar refractivity (Wildman–Crippen MR) is 117 cm³/mol. The van der Waals surface area contributed by atoms with E-state index < -0.39 is 11.9 Å². The SMILES string of the molecule is CC(=O)N1C=Cc2ccccc2C1CC(=O)Nc1ccccc1Oc1cccc(F)c1. The number of carbonyl (C=O) groups excluding carboxylic acids is 2. The van der Waals surface area contributed by atoms with Gasteiger partial charge in [0.2, 0.25) is 11.8 Å². The third-order valence-corrected chi connectivity index (χ3v) is 5.03. The summed E-state index contributed by atoms with van der Waals surface area (Å²) in [6.45, 7) is 1.48. The molecule has 5 nitrogen and oxygen atoms in total. The number of halogens is 1. The van der Waals surface area contributed by atoms with Crippen LogP contribution in [-0.4, -0.2) is 16.7 Å². The molecular weight excluding hydrogens is 395 g/mol. The number of hydrogen-bond donors (Lipinski definition) is 1. The van der Waals surface area contributed by atoms with E-state index >= 15 is 0 Å². The Morgan fingerprint density at radius 1 is 1.03 bits per heavy atom. The van der Waals surface area contributed by atoms with Crippen molar-refractivity contribution < 1.29 is 18.7 Å². The normalized spacial score (nSPS) is 14.6. The standard InChI is InChI=1S/C25H21FN2O3/c1-17(29)28-14-13-18-7-2-3-10-21(18)23(28)16-25(30)27-22-11-4-5-12-24(22)31-20-9-6-8-19(26)15-20/h2-15,23H,16H2,1H3,(H,27,30). The van der Waals surface area contributed by atoms with Gasteiger partial charge in [-0.1, -0.05) is 42.5 Å². The number of nitrogens with one attached hydrogen (secondary N) is 1. The van der Waals surface area contributed by atoms with E-state index in [1.807, 2.05) is 30.3 Å². The minimum Gasteiger partial charge on any atom is -0.455 e. The molecule has 4 rings (SSSR count). The molecule has 0 fully saturated rings. The van der Waals surface area contributed by atoms with Gasteiger partial charge in [-0.25, -0.2) is 4.39 Å².